The fourth-order valence-electron chi connectivity index (χ4n) is 4.98. The van der Waals surface area contributed by atoms with Crippen LogP contribution in [0.15, 0.2) is 66.0 Å². The number of nitrogens with zero attached hydrogens (tertiary/aromatic N) is 3. The number of carbonyl (C=O) groups is 2. The summed E-state index contributed by atoms with van der Waals surface area (Å²) >= 11 is 1.44. The van der Waals surface area contributed by atoms with Crippen molar-refractivity contribution in [3.8, 4) is 0 Å². The number of amides is 1. The summed E-state index contributed by atoms with van der Waals surface area (Å²) in [4.78, 5) is 37.8. The molecule has 0 bridgehead atoms. The number of hydrogen-bond donors (Lipinski definition) is 2. The van der Waals surface area contributed by atoms with E-state index in [2.05, 4.69) is 10.6 Å². The number of carbonyl (C=O) groups excluding carboxylic acids is 2. The quantitative estimate of drug-likeness (QED) is 0.289. The molecule has 1 amide bonds. The number of hydrogen-bond acceptors (Lipinski definition) is 7. The standard InChI is InChI=1S/C30H33N5O2S/c1-19(20-10-12-21(13-11-20)27(36)26-9-6-18-38-26)29(37)31-22-14-16-23(17-15-22)32-30-33-25-8-5-4-7-24(25)28(34-30)35(2)3/h4-13,18-19,22-23H,14-17H2,1-3H3,(H,31,37)(H,32,33,34)/t19?,22-,23+. The lowest BCUT2D eigenvalue weighted by molar-refractivity contribution is -0.123. The van der Waals surface area contributed by atoms with Gasteiger partial charge in [-0.1, -0.05) is 42.5 Å². The summed E-state index contributed by atoms with van der Waals surface area (Å²) in [5.41, 5.74) is 2.47. The summed E-state index contributed by atoms with van der Waals surface area (Å²) in [5.74, 6) is 1.30. The largest absolute Gasteiger partial charge is 0.362 e. The minimum atomic E-state index is -0.285. The second-order valence-corrected chi connectivity index (χ2v) is 11.1. The smallest absolute Gasteiger partial charge is 0.227 e. The summed E-state index contributed by atoms with van der Waals surface area (Å²) in [5, 5.41) is 9.70. The van der Waals surface area contributed by atoms with Gasteiger partial charge in [0, 0.05) is 37.1 Å². The average molecular weight is 528 g/mol. The van der Waals surface area contributed by atoms with E-state index in [-0.39, 0.29) is 29.7 Å². The fraction of sp³-hybridized carbons (Fsp3) is 0.333. The topological polar surface area (TPSA) is 87.2 Å². The number of thiophene rings is 1. The molecular formula is C30H33N5O2S. The fourth-order valence-corrected chi connectivity index (χ4v) is 5.67. The third-order valence-corrected chi connectivity index (χ3v) is 8.09. The van der Waals surface area contributed by atoms with E-state index in [1.807, 2.05) is 92.0 Å². The molecule has 2 N–H and O–H groups in total. The number of aromatic nitrogens is 2. The van der Waals surface area contributed by atoms with Crippen molar-refractivity contribution >= 4 is 45.7 Å². The number of anilines is 2. The van der Waals surface area contributed by atoms with Gasteiger partial charge in [-0.05, 0) is 61.7 Å². The van der Waals surface area contributed by atoms with Gasteiger partial charge in [0.05, 0.1) is 16.3 Å². The van der Waals surface area contributed by atoms with Gasteiger partial charge in [0.1, 0.15) is 5.82 Å². The van der Waals surface area contributed by atoms with Crippen LogP contribution in [-0.2, 0) is 4.79 Å². The minimum absolute atomic E-state index is 0.0149. The normalized spacial score (nSPS) is 18.1. The van der Waals surface area contributed by atoms with Crippen LogP contribution >= 0.6 is 11.3 Å². The summed E-state index contributed by atoms with van der Waals surface area (Å²) in [6, 6.07) is 19.6. The highest BCUT2D eigenvalue weighted by Gasteiger charge is 2.25. The van der Waals surface area contributed by atoms with E-state index >= 15 is 0 Å². The van der Waals surface area contributed by atoms with Crippen LogP contribution < -0.4 is 15.5 Å². The third kappa shape index (κ3) is 5.70. The maximum Gasteiger partial charge on any atom is 0.227 e. The van der Waals surface area contributed by atoms with Crippen molar-refractivity contribution in [1.82, 2.24) is 15.3 Å². The first-order chi connectivity index (χ1) is 18.4. The number of benzene rings is 2. The molecule has 8 heteroatoms. The second-order valence-electron chi connectivity index (χ2n) is 10.1. The van der Waals surface area contributed by atoms with Gasteiger partial charge in [-0.15, -0.1) is 11.3 Å². The van der Waals surface area contributed by atoms with E-state index in [1.165, 1.54) is 11.3 Å². The molecule has 1 unspecified atom stereocenters. The molecule has 1 atom stereocenters. The van der Waals surface area contributed by atoms with Gasteiger partial charge in [0.15, 0.2) is 0 Å². The highest BCUT2D eigenvalue weighted by Crippen LogP contribution is 2.27. The SMILES string of the molecule is CC(C(=O)N[C@H]1CC[C@@H](Nc2nc(N(C)C)c3ccccc3n2)CC1)c1ccc(C(=O)c2cccs2)cc1. The molecule has 2 heterocycles. The Hall–Kier alpha value is -3.78. The van der Waals surface area contributed by atoms with E-state index in [0.29, 0.717) is 11.5 Å². The van der Waals surface area contributed by atoms with Crippen molar-refractivity contribution in [3.63, 3.8) is 0 Å². The molecule has 5 rings (SSSR count). The maximum atomic E-state index is 13.0. The van der Waals surface area contributed by atoms with Gasteiger partial charge in [-0.25, -0.2) is 4.98 Å². The molecule has 38 heavy (non-hydrogen) atoms. The van der Waals surface area contributed by atoms with E-state index in [4.69, 9.17) is 9.97 Å². The molecule has 7 nitrogen and oxygen atoms in total. The highest BCUT2D eigenvalue weighted by molar-refractivity contribution is 7.12. The van der Waals surface area contributed by atoms with Crippen LogP contribution in [-0.4, -0.2) is 47.8 Å². The van der Waals surface area contributed by atoms with Gasteiger partial charge in [0.2, 0.25) is 17.6 Å². The van der Waals surface area contributed by atoms with Gasteiger partial charge in [-0.3, -0.25) is 9.59 Å². The Morgan fingerprint density at radius 3 is 2.32 bits per heavy atom. The van der Waals surface area contributed by atoms with Gasteiger partial charge in [-0.2, -0.15) is 4.98 Å². The molecule has 196 valence electrons. The Morgan fingerprint density at radius 2 is 1.63 bits per heavy atom. The summed E-state index contributed by atoms with van der Waals surface area (Å²) < 4.78 is 0. The van der Waals surface area contributed by atoms with Crippen molar-refractivity contribution in [2.45, 2.75) is 50.6 Å². The van der Waals surface area contributed by atoms with Crippen LogP contribution in [0.2, 0.25) is 0 Å². The van der Waals surface area contributed by atoms with E-state index in [1.54, 1.807) is 0 Å². The highest BCUT2D eigenvalue weighted by atomic mass is 32.1. The Labute approximate surface area is 227 Å². The van der Waals surface area contributed by atoms with E-state index < -0.39 is 0 Å². The summed E-state index contributed by atoms with van der Waals surface area (Å²) in [6.45, 7) is 1.91. The molecule has 1 aliphatic rings. The first-order valence-corrected chi connectivity index (χ1v) is 14.0. The molecule has 1 fully saturated rings. The van der Waals surface area contributed by atoms with Crippen LogP contribution in [0, 0.1) is 0 Å². The van der Waals surface area contributed by atoms with Crippen LogP contribution in [0.4, 0.5) is 11.8 Å². The van der Waals surface area contributed by atoms with Crippen molar-refractivity contribution in [2.24, 2.45) is 0 Å². The average Bonchev–Trinajstić information content (AvgIpc) is 3.48. The van der Waals surface area contributed by atoms with E-state index in [0.717, 1.165) is 52.8 Å². The zero-order valence-corrected chi connectivity index (χ0v) is 22.8. The number of rotatable bonds is 8. The number of para-hydroxylation sites is 1. The van der Waals surface area contributed by atoms with Crippen LogP contribution in [0.25, 0.3) is 10.9 Å². The Bertz CT molecular complexity index is 1410. The molecule has 0 radical (unpaired) electrons. The molecule has 4 aromatic rings. The van der Waals surface area contributed by atoms with Crippen molar-refractivity contribution in [1.29, 1.82) is 0 Å². The molecule has 0 saturated heterocycles. The van der Waals surface area contributed by atoms with Crippen LogP contribution in [0.3, 0.4) is 0 Å². The molecule has 1 aliphatic carbocycles. The van der Waals surface area contributed by atoms with Crippen molar-refractivity contribution < 1.29 is 9.59 Å². The van der Waals surface area contributed by atoms with Gasteiger partial charge in [0.25, 0.3) is 0 Å². The zero-order chi connectivity index (χ0) is 26.6. The second kappa shape index (κ2) is 11.3. The number of ketones is 1. The maximum absolute atomic E-state index is 13.0. The molecule has 0 aliphatic heterocycles. The Kier molecular flexibility index (Phi) is 7.69. The summed E-state index contributed by atoms with van der Waals surface area (Å²) in [7, 11) is 3.99. The third-order valence-electron chi connectivity index (χ3n) is 7.22. The number of fused-ring (bicyclic) bond motifs is 1. The minimum Gasteiger partial charge on any atom is -0.362 e. The molecule has 1 saturated carbocycles. The monoisotopic (exact) mass is 527 g/mol. The van der Waals surface area contributed by atoms with Gasteiger partial charge >= 0.3 is 0 Å². The van der Waals surface area contributed by atoms with Crippen molar-refractivity contribution in [3.05, 3.63) is 82.0 Å². The van der Waals surface area contributed by atoms with Crippen LogP contribution in [0.5, 0.6) is 0 Å². The van der Waals surface area contributed by atoms with Crippen molar-refractivity contribution in [2.75, 3.05) is 24.3 Å². The zero-order valence-electron chi connectivity index (χ0n) is 22.0. The lowest BCUT2D eigenvalue weighted by Gasteiger charge is -2.30. The molecule has 2 aromatic heterocycles. The molecule has 2 aromatic carbocycles. The summed E-state index contributed by atoms with van der Waals surface area (Å²) in [6.07, 6.45) is 3.68. The molecular weight excluding hydrogens is 494 g/mol. The Balaban J connectivity index is 1.14. The van der Waals surface area contributed by atoms with Gasteiger partial charge < -0.3 is 15.5 Å². The van der Waals surface area contributed by atoms with Crippen LogP contribution in [0.1, 0.15) is 59.3 Å². The molecule has 0 spiro atoms. The van der Waals surface area contributed by atoms with E-state index in [9.17, 15) is 9.59 Å². The first-order valence-electron chi connectivity index (χ1n) is 13.1. The lowest BCUT2D eigenvalue weighted by atomic mass is 9.90. The lowest BCUT2D eigenvalue weighted by Crippen LogP contribution is -2.41. The number of nitrogens with one attached hydrogen (secondary N) is 2. The first kappa shape index (κ1) is 25.9. The predicted molar refractivity (Wildman–Crippen MR) is 154 cm³/mol. The predicted octanol–water partition coefficient (Wildman–Crippen LogP) is 5.63. The Morgan fingerprint density at radius 1 is 0.921 bits per heavy atom.